The monoisotopic (exact) mass is 438 g/mol. The molecule has 0 spiro atoms. The standard InChI is InChI=1S/C32H54/c1-9-31(7,10-2)19-11-13-23(3)29-17-18-30-28(14-12-20-32(29,30)8)16-15-27-21-24(4)26(6)25(5)22-27/h15-16,23-25,29-30H,6,9-14,17-22H2,1-5,7-8H3/b28-16+/t23-,24+,25+,29?,30?,32+/m0/s1. The molecule has 0 saturated heterocycles. The Balaban J connectivity index is 1.65. The minimum atomic E-state index is 0.544. The minimum Gasteiger partial charge on any atom is -0.0993 e. The highest BCUT2D eigenvalue weighted by Gasteiger charge is 2.50. The van der Waals surface area contributed by atoms with Gasteiger partial charge in [-0.3, -0.25) is 0 Å². The highest BCUT2D eigenvalue weighted by molar-refractivity contribution is 5.28. The second-order valence-electron chi connectivity index (χ2n) is 12.8. The molecule has 0 amide bonds. The fourth-order valence-electron chi connectivity index (χ4n) is 7.85. The third-order valence-electron chi connectivity index (χ3n) is 10.8. The molecule has 0 bridgehead atoms. The van der Waals surface area contributed by atoms with Crippen molar-refractivity contribution in [3.8, 4) is 0 Å². The number of allylic oxidation sites excluding steroid dienone is 5. The van der Waals surface area contributed by atoms with Crippen molar-refractivity contribution in [3.63, 3.8) is 0 Å². The van der Waals surface area contributed by atoms with Gasteiger partial charge in [-0.15, -0.1) is 0 Å². The second kappa shape index (κ2) is 10.7. The van der Waals surface area contributed by atoms with Gasteiger partial charge in [0, 0.05) is 0 Å². The molecule has 6 atom stereocenters. The van der Waals surface area contributed by atoms with Gasteiger partial charge in [0.2, 0.25) is 0 Å². The molecule has 3 fully saturated rings. The lowest BCUT2D eigenvalue weighted by molar-refractivity contribution is 0.0912. The lowest BCUT2D eigenvalue weighted by Crippen LogP contribution is -2.36. The molecular formula is C32H54. The first-order valence-electron chi connectivity index (χ1n) is 14.2. The summed E-state index contributed by atoms with van der Waals surface area (Å²) in [7, 11) is 0. The number of rotatable bonds is 8. The van der Waals surface area contributed by atoms with Gasteiger partial charge >= 0.3 is 0 Å². The van der Waals surface area contributed by atoms with Gasteiger partial charge in [0.15, 0.2) is 0 Å². The van der Waals surface area contributed by atoms with E-state index in [9.17, 15) is 0 Å². The van der Waals surface area contributed by atoms with Gasteiger partial charge in [0.25, 0.3) is 0 Å². The van der Waals surface area contributed by atoms with Crippen molar-refractivity contribution in [2.45, 2.75) is 126 Å². The Labute approximate surface area is 201 Å². The largest absolute Gasteiger partial charge is 0.0993 e. The van der Waals surface area contributed by atoms with Crippen molar-refractivity contribution in [2.24, 2.45) is 40.4 Å². The first kappa shape index (κ1) is 25.8. The lowest BCUT2D eigenvalue weighted by atomic mass is 9.60. The van der Waals surface area contributed by atoms with E-state index < -0.39 is 0 Å². The third-order valence-corrected chi connectivity index (χ3v) is 10.8. The average Bonchev–Trinajstić information content (AvgIpc) is 3.13. The topological polar surface area (TPSA) is 0 Å². The maximum absolute atomic E-state index is 4.34. The van der Waals surface area contributed by atoms with E-state index in [4.69, 9.17) is 0 Å². The molecule has 3 aliphatic carbocycles. The molecule has 32 heavy (non-hydrogen) atoms. The van der Waals surface area contributed by atoms with Crippen LogP contribution in [0.1, 0.15) is 126 Å². The Morgan fingerprint density at radius 3 is 2.38 bits per heavy atom. The molecular weight excluding hydrogens is 384 g/mol. The summed E-state index contributed by atoms with van der Waals surface area (Å²) in [5.74, 6) is 3.95. The molecule has 3 aliphatic rings. The van der Waals surface area contributed by atoms with Gasteiger partial charge in [-0.2, -0.15) is 0 Å². The van der Waals surface area contributed by atoms with Gasteiger partial charge in [-0.05, 0) is 91.8 Å². The Kier molecular flexibility index (Phi) is 8.60. The van der Waals surface area contributed by atoms with Crippen LogP contribution in [0.25, 0.3) is 0 Å². The minimum absolute atomic E-state index is 0.544. The van der Waals surface area contributed by atoms with E-state index in [2.05, 4.69) is 67.2 Å². The summed E-state index contributed by atoms with van der Waals surface area (Å²) in [6, 6.07) is 0. The summed E-state index contributed by atoms with van der Waals surface area (Å²) in [6.45, 7) is 21.6. The smallest absolute Gasteiger partial charge is 0.0143 e. The van der Waals surface area contributed by atoms with E-state index in [1.54, 1.807) is 11.1 Å². The van der Waals surface area contributed by atoms with Crippen LogP contribution in [-0.2, 0) is 0 Å². The number of fused-ring (bicyclic) bond motifs is 1. The normalized spacial score (nSPS) is 35.8. The SMILES string of the molecule is C=C1[C@H](C)CC(=C/C=C2\CCC[C@@]3(C)C2CCC3[C@@H](C)CCCC(C)(CC)CC)C[C@H]1C. The number of hydrogen-bond acceptors (Lipinski definition) is 0. The summed E-state index contributed by atoms with van der Waals surface area (Å²) in [5.41, 5.74) is 6.02. The Hall–Kier alpha value is -0.780. The van der Waals surface area contributed by atoms with Crippen LogP contribution in [0.3, 0.4) is 0 Å². The second-order valence-corrected chi connectivity index (χ2v) is 12.8. The highest BCUT2D eigenvalue weighted by Crippen LogP contribution is 2.60. The average molecular weight is 439 g/mol. The first-order chi connectivity index (χ1) is 15.1. The van der Waals surface area contributed by atoms with Gasteiger partial charge in [0.1, 0.15) is 0 Å². The van der Waals surface area contributed by atoms with Gasteiger partial charge in [-0.1, -0.05) is 110 Å². The quantitative estimate of drug-likeness (QED) is 0.330. The van der Waals surface area contributed by atoms with Crippen LogP contribution in [0, 0.1) is 40.4 Å². The molecule has 0 aromatic rings. The molecule has 0 heteroatoms. The van der Waals surface area contributed by atoms with Crippen LogP contribution in [-0.4, -0.2) is 0 Å². The maximum Gasteiger partial charge on any atom is -0.0143 e. The van der Waals surface area contributed by atoms with Gasteiger partial charge in [-0.25, -0.2) is 0 Å². The number of hydrogen-bond donors (Lipinski definition) is 0. The van der Waals surface area contributed by atoms with Crippen molar-refractivity contribution < 1.29 is 0 Å². The Morgan fingerprint density at radius 1 is 1.09 bits per heavy atom. The predicted molar refractivity (Wildman–Crippen MR) is 143 cm³/mol. The predicted octanol–water partition coefficient (Wildman–Crippen LogP) is 10.3. The molecule has 0 aliphatic heterocycles. The fourth-order valence-corrected chi connectivity index (χ4v) is 7.85. The van der Waals surface area contributed by atoms with E-state index in [0.717, 1.165) is 17.8 Å². The zero-order chi connectivity index (χ0) is 23.5. The van der Waals surface area contributed by atoms with Crippen LogP contribution < -0.4 is 0 Å². The van der Waals surface area contributed by atoms with E-state index in [1.165, 1.54) is 82.6 Å². The summed E-state index contributed by atoms with van der Waals surface area (Å²) < 4.78 is 0. The van der Waals surface area contributed by atoms with E-state index in [0.29, 0.717) is 22.7 Å². The fraction of sp³-hybridized carbons (Fsp3) is 0.812. The van der Waals surface area contributed by atoms with Gasteiger partial charge in [0.05, 0.1) is 0 Å². The molecule has 3 saturated carbocycles. The van der Waals surface area contributed by atoms with Crippen LogP contribution in [0.5, 0.6) is 0 Å². The van der Waals surface area contributed by atoms with E-state index >= 15 is 0 Å². The first-order valence-corrected chi connectivity index (χ1v) is 14.2. The molecule has 0 heterocycles. The summed E-state index contributed by atoms with van der Waals surface area (Å²) in [4.78, 5) is 0. The van der Waals surface area contributed by atoms with Crippen LogP contribution in [0.15, 0.2) is 35.5 Å². The summed E-state index contributed by atoms with van der Waals surface area (Å²) in [6.07, 6.45) is 21.6. The molecule has 3 rings (SSSR count). The summed E-state index contributed by atoms with van der Waals surface area (Å²) in [5, 5.41) is 0. The van der Waals surface area contributed by atoms with Crippen LogP contribution >= 0.6 is 0 Å². The molecule has 0 nitrogen and oxygen atoms in total. The van der Waals surface area contributed by atoms with Crippen LogP contribution in [0.2, 0.25) is 0 Å². The zero-order valence-corrected chi connectivity index (χ0v) is 22.7. The van der Waals surface area contributed by atoms with Crippen LogP contribution in [0.4, 0.5) is 0 Å². The Morgan fingerprint density at radius 2 is 1.75 bits per heavy atom. The van der Waals surface area contributed by atoms with Crippen molar-refractivity contribution in [1.29, 1.82) is 0 Å². The van der Waals surface area contributed by atoms with Crippen molar-refractivity contribution in [1.82, 2.24) is 0 Å². The van der Waals surface area contributed by atoms with E-state index in [1.807, 2.05) is 0 Å². The molecule has 0 aromatic heterocycles. The molecule has 0 N–H and O–H groups in total. The molecule has 0 radical (unpaired) electrons. The molecule has 0 aromatic carbocycles. The lowest BCUT2D eigenvalue weighted by Gasteiger charge is -2.44. The Bertz CT molecular complexity index is 686. The van der Waals surface area contributed by atoms with Gasteiger partial charge < -0.3 is 0 Å². The molecule has 2 unspecified atom stereocenters. The molecule has 182 valence electrons. The maximum atomic E-state index is 4.34. The van der Waals surface area contributed by atoms with Crippen molar-refractivity contribution >= 4 is 0 Å². The highest BCUT2D eigenvalue weighted by atomic mass is 14.5. The third kappa shape index (κ3) is 5.47. The zero-order valence-electron chi connectivity index (χ0n) is 22.7. The summed E-state index contributed by atoms with van der Waals surface area (Å²) >= 11 is 0. The van der Waals surface area contributed by atoms with Crippen molar-refractivity contribution in [3.05, 3.63) is 35.5 Å². The van der Waals surface area contributed by atoms with Crippen molar-refractivity contribution in [2.75, 3.05) is 0 Å². The van der Waals surface area contributed by atoms with E-state index in [-0.39, 0.29) is 0 Å².